The minimum atomic E-state index is -5.45. The molecule has 3 amide bonds. The molecule has 2 saturated carbocycles. The molecular weight excluding hydrogens is 817 g/mol. The lowest BCUT2D eigenvalue weighted by atomic mass is 9.81. The summed E-state index contributed by atoms with van der Waals surface area (Å²) in [5.74, 6) is -17.9. The first kappa shape index (κ1) is 45.6. The monoisotopic (exact) mass is 861 g/mol. The molecule has 0 unspecified atom stereocenters. The van der Waals surface area contributed by atoms with Crippen LogP contribution in [0.15, 0.2) is 66.7 Å². The van der Waals surface area contributed by atoms with Gasteiger partial charge in [0.1, 0.15) is 11.9 Å². The van der Waals surface area contributed by atoms with Crippen molar-refractivity contribution in [3.05, 3.63) is 89.5 Å². The number of aliphatic carboxylic acids is 1. The Morgan fingerprint density at radius 1 is 0.850 bits per heavy atom. The molecule has 0 aliphatic heterocycles. The van der Waals surface area contributed by atoms with Gasteiger partial charge in [0.05, 0.1) is 11.7 Å². The molecule has 1 aromatic heterocycles. The smallest absolute Gasteiger partial charge is 0.411 e. The van der Waals surface area contributed by atoms with E-state index in [1.807, 2.05) is 0 Å². The molecule has 0 radical (unpaired) electrons. The van der Waals surface area contributed by atoms with E-state index in [9.17, 15) is 41.8 Å². The SMILES string of the molecule is Cl.NC[C@H]1CC[C@H](C(=O)N[C@@H](Cc2ccc(-c3ccc(C(=O)N[C@H]4CC[C@H](O)CC4)c(F)c3)cc2)C(=O)Nc2ccc(-c3n[nH]c(C(F)(F)C(F)(F)C(=O)O)n3)cc2)CC1. The summed E-state index contributed by atoms with van der Waals surface area (Å²) in [6.45, 7) is 0.525. The van der Waals surface area contributed by atoms with E-state index in [0.29, 0.717) is 67.7 Å². The van der Waals surface area contributed by atoms with Gasteiger partial charge in [0, 0.05) is 29.6 Å². The van der Waals surface area contributed by atoms with E-state index in [0.717, 1.165) is 12.8 Å². The quantitative estimate of drug-likeness (QED) is 0.0743. The molecule has 0 bridgehead atoms. The third-order valence-electron chi connectivity index (χ3n) is 11.0. The molecule has 8 N–H and O–H groups in total. The Hall–Kier alpha value is -5.46. The number of carbonyl (C=O) groups is 4. The number of nitrogens with two attached hydrogens (primary N) is 1. The van der Waals surface area contributed by atoms with Crippen LogP contribution in [-0.4, -0.2) is 79.7 Å². The number of nitrogens with one attached hydrogen (secondary N) is 4. The maximum absolute atomic E-state index is 15.2. The highest BCUT2D eigenvalue weighted by molar-refractivity contribution is 5.98. The standard InChI is InChI=1S/C41H44F5N7O6.ClH/c42-32-20-27(11-18-31(32)36(56)48-29-14-16-30(54)17-15-29)24-5-1-22(2-6-24)19-33(50-35(55)26-7-3-23(21-47)4-8-26)37(57)49-28-12-9-25(10-13-28)34-51-38(53-52-34)40(43,44)41(45,46)39(58)59;/h1-2,5-6,9-13,18,20,23,26,29-30,33,54H,3-4,7-8,14-17,19,21,47H2,(H,48,56)(H,49,57)(H,50,55)(H,58,59)(H,51,52,53);1H/t23-,26-,29-,30-,33-;/m0./s1. The molecule has 3 aromatic carbocycles. The van der Waals surface area contributed by atoms with Crippen LogP contribution in [-0.2, 0) is 26.7 Å². The average molecular weight is 862 g/mol. The molecule has 1 heterocycles. The minimum Gasteiger partial charge on any atom is -0.477 e. The molecule has 2 aliphatic rings. The Bertz CT molecular complexity index is 2140. The minimum absolute atomic E-state index is 0. The zero-order chi connectivity index (χ0) is 42.5. The van der Waals surface area contributed by atoms with Crippen molar-refractivity contribution in [2.45, 2.75) is 87.8 Å². The fourth-order valence-corrected chi connectivity index (χ4v) is 7.34. The van der Waals surface area contributed by atoms with Crippen LogP contribution >= 0.6 is 12.4 Å². The van der Waals surface area contributed by atoms with Crippen molar-refractivity contribution in [1.82, 2.24) is 25.8 Å². The first-order valence-corrected chi connectivity index (χ1v) is 19.3. The molecule has 6 rings (SSSR count). The lowest BCUT2D eigenvalue weighted by Gasteiger charge is -2.28. The van der Waals surface area contributed by atoms with Gasteiger partial charge in [0.15, 0.2) is 5.82 Å². The number of benzene rings is 3. The molecule has 60 heavy (non-hydrogen) atoms. The number of aromatic nitrogens is 3. The molecular formula is C41H45ClF5N7O6. The molecule has 19 heteroatoms. The molecule has 1 atom stereocenters. The topological polar surface area (TPSA) is 212 Å². The number of nitrogens with zero attached hydrogens (tertiary/aromatic N) is 2. The highest BCUT2D eigenvalue weighted by Gasteiger charge is 2.65. The van der Waals surface area contributed by atoms with Crippen LogP contribution in [0.1, 0.15) is 73.1 Å². The van der Waals surface area contributed by atoms with Crippen molar-refractivity contribution in [1.29, 1.82) is 0 Å². The number of carboxylic acid groups (broad SMARTS) is 1. The van der Waals surface area contributed by atoms with E-state index in [1.165, 1.54) is 36.4 Å². The first-order chi connectivity index (χ1) is 28.0. The van der Waals surface area contributed by atoms with Gasteiger partial charge in [-0.2, -0.15) is 22.7 Å². The van der Waals surface area contributed by atoms with Crippen molar-refractivity contribution in [2.24, 2.45) is 17.6 Å². The van der Waals surface area contributed by atoms with E-state index < -0.39 is 53.1 Å². The summed E-state index contributed by atoms with van der Waals surface area (Å²) in [4.78, 5) is 54.1. The van der Waals surface area contributed by atoms with Crippen LogP contribution in [0.5, 0.6) is 0 Å². The third kappa shape index (κ3) is 10.5. The number of alkyl halides is 4. The Balaban J connectivity index is 0.00000683. The predicted molar refractivity (Wildman–Crippen MR) is 212 cm³/mol. The number of aromatic amines is 1. The number of H-pyrrole nitrogens is 1. The first-order valence-electron chi connectivity index (χ1n) is 19.3. The summed E-state index contributed by atoms with van der Waals surface area (Å²) < 4.78 is 71.0. The van der Waals surface area contributed by atoms with Gasteiger partial charge in [0.2, 0.25) is 17.6 Å². The maximum atomic E-state index is 15.2. The van der Waals surface area contributed by atoms with Crippen LogP contribution in [0.2, 0.25) is 0 Å². The predicted octanol–water partition coefficient (Wildman–Crippen LogP) is 5.98. The molecule has 2 aliphatic carbocycles. The summed E-state index contributed by atoms with van der Waals surface area (Å²) >= 11 is 0. The summed E-state index contributed by atoms with van der Waals surface area (Å²) in [6, 6.07) is 15.5. The van der Waals surface area contributed by atoms with Crippen molar-refractivity contribution < 1.29 is 51.3 Å². The van der Waals surface area contributed by atoms with Crippen molar-refractivity contribution >= 4 is 41.8 Å². The summed E-state index contributed by atoms with van der Waals surface area (Å²) in [7, 11) is 0. The van der Waals surface area contributed by atoms with E-state index in [1.54, 1.807) is 35.4 Å². The Morgan fingerprint density at radius 3 is 2.07 bits per heavy atom. The second kappa shape index (κ2) is 19.3. The Kier molecular flexibility index (Phi) is 14.7. The molecule has 0 saturated heterocycles. The Morgan fingerprint density at radius 2 is 1.47 bits per heavy atom. The van der Waals surface area contributed by atoms with E-state index in [-0.39, 0.29) is 59.6 Å². The zero-order valence-corrected chi connectivity index (χ0v) is 32.9. The fraction of sp³-hybridized carbons (Fsp3) is 0.415. The van der Waals surface area contributed by atoms with Crippen LogP contribution < -0.4 is 21.7 Å². The number of carboxylic acids is 1. The number of carbonyl (C=O) groups excluding carboxylic acids is 3. The van der Waals surface area contributed by atoms with Gasteiger partial charge in [-0.1, -0.05) is 30.3 Å². The molecule has 2 fully saturated rings. The van der Waals surface area contributed by atoms with Gasteiger partial charge >= 0.3 is 17.8 Å². The normalized spacial score (nSPS) is 20.0. The number of rotatable bonds is 14. The molecule has 0 spiro atoms. The van der Waals surface area contributed by atoms with Crippen molar-refractivity contribution in [3.63, 3.8) is 0 Å². The summed E-state index contributed by atoms with van der Waals surface area (Å²) in [6.07, 6.45) is 4.84. The third-order valence-corrected chi connectivity index (χ3v) is 11.0. The molecule has 322 valence electrons. The van der Waals surface area contributed by atoms with Crippen LogP contribution in [0.4, 0.5) is 27.6 Å². The lowest BCUT2D eigenvalue weighted by molar-refractivity contribution is -0.231. The summed E-state index contributed by atoms with van der Waals surface area (Å²) in [5, 5.41) is 31.9. The summed E-state index contributed by atoms with van der Waals surface area (Å²) in [5.41, 5.74) is 7.85. The van der Waals surface area contributed by atoms with Crippen LogP contribution in [0.3, 0.4) is 0 Å². The van der Waals surface area contributed by atoms with Gasteiger partial charge in [0.25, 0.3) is 5.91 Å². The van der Waals surface area contributed by atoms with Gasteiger partial charge in [-0.3, -0.25) is 19.5 Å². The average Bonchev–Trinajstić information content (AvgIpc) is 3.73. The highest BCUT2D eigenvalue weighted by atomic mass is 35.5. The van der Waals surface area contributed by atoms with Gasteiger partial charge in [-0.05, 0) is 117 Å². The number of anilines is 1. The largest absolute Gasteiger partial charge is 0.477 e. The van der Waals surface area contributed by atoms with Crippen LogP contribution in [0.25, 0.3) is 22.5 Å². The number of hydrogen-bond acceptors (Lipinski definition) is 8. The lowest BCUT2D eigenvalue weighted by Crippen LogP contribution is -2.48. The fourth-order valence-electron chi connectivity index (χ4n) is 7.34. The second-order valence-corrected chi connectivity index (χ2v) is 15.1. The van der Waals surface area contributed by atoms with E-state index in [4.69, 9.17) is 10.8 Å². The van der Waals surface area contributed by atoms with Crippen molar-refractivity contribution in [2.75, 3.05) is 11.9 Å². The van der Waals surface area contributed by atoms with Gasteiger partial charge in [-0.25, -0.2) is 14.2 Å². The molecule has 4 aromatic rings. The highest BCUT2D eigenvalue weighted by Crippen LogP contribution is 2.42. The number of amides is 3. The zero-order valence-electron chi connectivity index (χ0n) is 32.1. The van der Waals surface area contributed by atoms with Crippen molar-refractivity contribution in [3.8, 4) is 22.5 Å². The number of halogens is 6. The maximum Gasteiger partial charge on any atom is 0.411 e. The van der Waals surface area contributed by atoms with Gasteiger partial charge in [-0.15, -0.1) is 12.4 Å². The Labute approximate surface area is 347 Å². The van der Waals surface area contributed by atoms with E-state index >= 15 is 4.39 Å². The van der Waals surface area contributed by atoms with E-state index in [2.05, 4.69) is 26.0 Å². The second-order valence-electron chi connectivity index (χ2n) is 15.1. The number of hydrogen-bond donors (Lipinski definition) is 7. The van der Waals surface area contributed by atoms with Gasteiger partial charge < -0.3 is 31.9 Å². The molecule has 13 nitrogen and oxygen atoms in total. The number of aliphatic hydroxyl groups excluding tert-OH is 1. The number of aliphatic hydroxyl groups is 1. The van der Waals surface area contributed by atoms with Crippen LogP contribution in [0, 0.1) is 17.7 Å².